The van der Waals surface area contributed by atoms with Crippen LogP contribution in [-0.4, -0.2) is 19.2 Å². The monoisotopic (exact) mass is 528 g/mol. The largest absolute Gasteiger partial charge is 0.493 e. The lowest BCUT2D eigenvalue weighted by atomic mass is 10.0. The summed E-state index contributed by atoms with van der Waals surface area (Å²) < 4.78 is 12.4. The molecule has 3 aromatic carbocycles. The zero-order chi connectivity index (χ0) is 22.2. The maximum atomic E-state index is 12.2. The fraction of sp³-hybridized carbons (Fsp3) is 0.200. The number of ether oxygens (including phenoxy) is 2. The van der Waals surface area contributed by atoms with Crippen molar-refractivity contribution in [1.82, 2.24) is 5.43 Å². The van der Waals surface area contributed by atoms with Gasteiger partial charge in [0.2, 0.25) is 5.91 Å². The van der Waals surface area contributed by atoms with Crippen molar-refractivity contribution in [2.45, 2.75) is 26.9 Å². The molecule has 0 unspecified atom stereocenters. The summed E-state index contributed by atoms with van der Waals surface area (Å²) in [7, 11) is 1.60. The second kappa shape index (κ2) is 10.9. The average Bonchev–Trinajstić information content (AvgIpc) is 2.75. The molecule has 0 aliphatic rings. The van der Waals surface area contributed by atoms with E-state index < -0.39 is 0 Å². The standard InChI is InChI=1S/C25H25IN2O3/c1-17-9-10-21(18(2)11-17)14-24(29)28-27-15-20-12-22(26)25(23(13-20)30-3)31-16-19-7-5-4-6-8-19/h4-13,15H,14,16H2,1-3H3,(H,28,29)/b27-15+. The quantitative estimate of drug-likeness (QED) is 0.249. The van der Waals surface area contributed by atoms with Crippen LogP contribution in [0.15, 0.2) is 65.8 Å². The smallest absolute Gasteiger partial charge is 0.244 e. The molecule has 5 nitrogen and oxygen atoms in total. The zero-order valence-corrected chi connectivity index (χ0v) is 20.0. The van der Waals surface area contributed by atoms with E-state index >= 15 is 0 Å². The third-order valence-corrected chi connectivity index (χ3v) is 5.53. The maximum Gasteiger partial charge on any atom is 0.244 e. The van der Waals surface area contributed by atoms with Gasteiger partial charge < -0.3 is 9.47 Å². The van der Waals surface area contributed by atoms with Crippen molar-refractivity contribution >= 4 is 34.7 Å². The lowest BCUT2D eigenvalue weighted by molar-refractivity contribution is -0.120. The number of aryl methyl sites for hydroxylation is 2. The minimum Gasteiger partial charge on any atom is -0.493 e. The third-order valence-electron chi connectivity index (χ3n) is 4.73. The van der Waals surface area contributed by atoms with E-state index in [0.717, 1.165) is 25.8 Å². The molecule has 0 heterocycles. The van der Waals surface area contributed by atoms with Gasteiger partial charge in [0.15, 0.2) is 11.5 Å². The second-order valence-corrected chi connectivity index (χ2v) is 8.37. The molecule has 1 N–H and O–H groups in total. The summed E-state index contributed by atoms with van der Waals surface area (Å²) in [5.74, 6) is 1.14. The number of methoxy groups -OCH3 is 1. The zero-order valence-electron chi connectivity index (χ0n) is 17.8. The Hall–Kier alpha value is -2.87. The third kappa shape index (κ3) is 6.55. The number of rotatable bonds is 8. The van der Waals surface area contributed by atoms with E-state index in [2.05, 4.69) is 39.2 Å². The number of hydrogen-bond donors (Lipinski definition) is 1. The predicted molar refractivity (Wildman–Crippen MR) is 132 cm³/mol. The van der Waals surface area contributed by atoms with Gasteiger partial charge in [-0.25, -0.2) is 5.43 Å². The first kappa shape index (κ1) is 22.8. The highest BCUT2D eigenvalue weighted by Crippen LogP contribution is 2.34. The molecule has 0 saturated heterocycles. The van der Waals surface area contributed by atoms with E-state index in [9.17, 15) is 4.79 Å². The van der Waals surface area contributed by atoms with Crippen LogP contribution in [0.4, 0.5) is 0 Å². The first-order chi connectivity index (χ1) is 15.0. The summed E-state index contributed by atoms with van der Waals surface area (Å²) >= 11 is 2.21. The lowest BCUT2D eigenvalue weighted by Gasteiger charge is -2.13. The first-order valence-electron chi connectivity index (χ1n) is 9.88. The maximum absolute atomic E-state index is 12.2. The molecule has 3 rings (SSSR count). The van der Waals surface area contributed by atoms with Gasteiger partial charge in [-0.15, -0.1) is 0 Å². The fourth-order valence-corrected chi connectivity index (χ4v) is 3.90. The van der Waals surface area contributed by atoms with Crippen molar-refractivity contribution in [2.75, 3.05) is 7.11 Å². The van der Waals surface area contributed by atoms with Crippen LogP contribution < -0.4 is 14.9 Å². The van der Waals surface area contributed by atoms with Crippen LogP contribution in [0.5, 0.6) is 11.5 Å². The number of hydrazone groups is 1. The van der Waals surface area contributed by atoms with Crippen molar-refractivity contribution in [2.24, 2.45) is 5.10 Å². The Morgan fingerprint density at radius 1 is 1.10 bits per heavy atom. The van der Waals surface area contributed by atoms with Gasteiger partial charge in [-0.3, -0.25) is 4.79 Å². The molecule has 0 aliphatic carbocycles. The Morgan fingerprint density at radius 2 is 1.87 bits per heavy atom. The van der Waals surface area contributed by atoms with Gasteiger partial charge in [0.05, 0.1) is 23.3 Å². The van der Waals surface area contributed by atoms with Gasteiger partial charge in [0.1, 0.15) is 6.61 Å². The van der Waals surface area contributed by atoms with Crippen molar-refractivity contribution in [1.29, 1.82) is 0 Å². The second-order valence-electron chi connectivity index (χ2n) is 7.21. The normalized spacial score (nSPS) is 10.8. The molecule has 0 aromatic heterocycles. The van der Waals surface area contributed by atoms with Gasteiger partial charge in [-0.2, -0.15) is 5.10 Å². The fourth-order valence-electron chi connectivity index (χ4n) is 3.12. The molecule has 1 amide bonds. The van der Waals surface area contributed by atoms with Crippen molar-refractivity contribution in [3.63, 3.8) is 0 Å². The number of benzene rings is 3. The lowest BCUT2D eigenvalue weighted by Crippen LogP contribution is -2.20. The number of amides is 1. The van der Waals surface area contributed by atoms with E-state index in [4.69, 9.17) is 9.47 Å². The van der Waals surface area contributed by atoms with E-state index in [-0.39, 0.29) is 12.3 Å². The van der Waals surface area contributed by atoms with Gasteiger partial charge >= 0.3 is 0 Å². The van der Waals surface area contributed by atoms with E-state index in [1.807, 2.05) is 68.4 Å². The minimum absolute atomic E-state index is 0.160. The molecule has 0 atom stereocenters. The Kier molecular flexibility index (Phi) is 8.06. The summed E-state index contributed by atoms with van der Waals surface area (Å²) in [5, 5.41) is 4.10. The highest BCUT2D eigenvalue weighted by Gasteiger charge is 2.12. The Bertz CT molecular complexity index is 1080. The molecule has 0 fully saturated rings. The summed E-state index contributed by atoms with van der Waals surface area (Å²) in [6, 6.07) is 19.8. The number of halogens is 1. The Morgan fingerprint density at radius 3 is 2.58 bits per heavy atom. The van der Waals surface area contributed by atoms with E-state index in [1.54, 1.807) is 13.3 Å². The number of nitrogens with one attached hydrogen (secondary N) is 1. The summed E-state index contributed by atoms with van der Waals surface area (Å²) in [4.78, 5) is 12.2. The highest BCUT2D eigenvalue weighted by atomic mass is 127. The summed E-state index contributed by atoms with van der Waals surface area (Å²) in [6.07, 6.45) is 1.89. The Labute approximate surface area is 196 Å². The van der Waals surface area contributed by atoms with Crippen molar-refractivity contribution < 1.29 is 14.3 Å². The van der Waals surface area contributed by atoms with Gasteiger partial charge in [-0.05, 0) is 70.8 Å². The van der Waals surface area contributed by atoms with Gasteiger partial charge in [-0.1, -0.05) is 54.1 Å². The number of hydrogen-bond acceptors (Lipinski definition) is 4. The first-order valence-corrected chi connectivity index (χ1v) is 11.0. The molecule has 0 bridgehead atoms. The van der Waals surface area contributed by atoms with Crippen LogP contribution >= 0.6 is 22.6 Å². The van der Waals surface area contributed by atoms with Gasteiger partial charge in [0, 0.05) is 0 Å². The number of carbonyl (C=O) groups is 1. The molecule has 3 aromatic rings. The molecular formula is C25H25IN2O3. The van der Waals surface area contributed by atoms with Crippen molar-refractivity contribution in [3.8, 4) is 11.5 Å². The van der Waals surface area contributed by atoms with Crippen LogP contribution in [0.2, 0.25) is 0 Å². The average molecular weight is 528 g/mol. The van der Waals surface area contributed by atoms with Crippen molar-refractivity contribution in [3.05, 3.63) is 92.1 Å². The van der Waals surface area contributed by atoms with E-state index in [0.29, 0.717) is 18.1 Å². The summed E-state index contributed by atoms with van der Waals surface area (Å²) in [5.41, 5.74) is 7.76. The molecular weight excluding hydrogens is 503 g/mol. The number of carbonyl (C=O) groups excluding carboxylic acids is 1. The molecule has 0 spiro atoms. The molecule has 0 aliphatic heterocycles. The molecule has 6 heteroatoms. The molecule has 0 saturated carbocycles. The van der Waals surface area contributed by atoms with Crippen LogP contribution in [0.25, 0.3) is 0 Å². The SMILES string of the molecule is COc1cc(/C=N/NC(=O)Cc2ccc(C)cc2C)cc(I)c1OCc1ccccc1. The highest BCUT2D eigenvalue weighted by molar-refractivity contribution is 14.1. The van der Waals surface area contributed by atoms with Gasteiger partial charge in [0.25, 0.3) is 0 Å². The number of nitrogens with zero attached hydrogens (tertiary/aromatic N) is 1. The molecule has 0 radical (unpaired) electrons. The van der Waals surface area contributed by atoms with E-state index in [1.165, 1.54) is 5.56 Å². The Balaban J connectivity index is 1.63. The van der Waals surface area contributed by atoms with Crippen LogP contribution in [0, 0.1) is 17.4 Å². The van der Waals surface area contributed by atoms with Crippen LogP contribution in [-0.2, 0) is 17.8 Å². The minimum atomic E-state index is -0.160. The van der Waals surface area contributed by atoms with Crippen LogP contribution in [0.1, 0.15) is 27.8 Å². The predicted octanol–water partition coefficient (Wildman–Crippen LogP) is 5.19. The summed E-state index contributed by atoms with van der Waals surface area (Å²) in [6.45, 7) is 4.50. The molecule has 31 heavy (non-hydrogen) atoms. The topological polar surface area (TPSA) is 59.9 Å². The molecule has 160 valence electrons. The van der Waals surface area contributed by atoms with Crippen LogP contribution in [0.3, 0.4) is 0 Å².